The summed E-state index contributed by atoms with van der Waals surface area (Å²) in [5, 5.41) is 6.63. The second kappa shape index (κ2) is 7.42. The summed E-state index contributed by atoms with van der Waals surface area (Å²) in [6.45, 7) is -0.307. The van der Waals surface area contributed by atoms with Gasteiger partial charge in [-0.1, -0.05) is 48.5 Å². The number of hydrazone groups is 1. The predicted octanol–water partition coefficient (Wildman–Crippen LogP) is 4.53. The molecule has 0 unspecified atom stereocenters. The molecule has 148 valence electrons. The highest BCUT2D eigenvalue weighted by Crippen LogP contribution is 2.31. The topological polar surface area (TPSA) is 30.9 Å². The highest BCUT2D eigenvalue weighted by Gasteiger charge is 2.32. The van der Waals surface area contributed by atoms with Gasteiger partial charge in [-0.2, -0.15) is 5.10 Å². The average molecular weight is 404 g/mol. The van der Waals surface area contributed by atoms with Gasteiger partial charge >= 0.3 is 0 Å². The number of halogens is 5. The summed E-state index contributed by atoms with van der Waals surface area (Å²) in [7, 11) is 0. The fourth-order valence-electron chi connectivity index (χ4n) is 2.89. The zero-order chi connectivity index (χ0) is 20.5. The number of benzene rings is 3. The fraction of sp³-hybridized carbons (Fsp3) is 0.0500. The van der Waals surface area contributed by atoms with Crippen molar-refractivity contribution in [3.8, 4) is 0 Å². The van der Waals surface area contributed by atoms with Gasteiger partial charge in [0.25, 0.3) is 0 Å². The molecule has 0 aliphatic carbocycles. The number of para-hydroxylation sites is 1. The van der Waals surface area contributed by atoms with Crippen molar-refractivity contribution in [1.29, 1.82) is 0 Å². The van der Waals surface area contributed by atoms with Gasteiger partial charge in [0.1, 0.15) is 12.4 Å². The number of nitrogens with one attached hydrogen (secondary N) is 1. The Morgan fingerprint density at radius 3 is 1.79 bits per heavy atom. The average Bonchev–Trinajstić information content (AvgIpc) is 2.77. The van der Waals surface area contributed by atoms with Crippen LogP contribution in [0.15, 0.2) is 65.8 Å². The molecular weight excluding hydrogens is 391 g/mol. The van der Waals surface area contributed by atoms with Crippen LogP contribution in [-0.2, 0) is 0 Å². The molecule has 0 atom stereocenters. The third-order valence-corrected chi connectivity index (χ3v) is 4.29. The van der Waals surface area contributed by atoms with Crippen molar-refractivity contribution in [2.45, 2.75) is 0 Å². The van der Waals surface area contributed by atoms with Gasteiger partial charge in [-0.3, -0.25) is 10.4 Å². The third-order valence-electron chi connectivity index (χ3n) is 4.29. The van der Waals surface area contributed by atoms with Crippen LogP contribution in [0, 0.1) is 29.1 Å². The predicted molar refractivity (Wildman–Crippen MR) is 98.6 cm³/mol. The first-order valence-electron chi connectivity index (χ1n) is 8.49. The molecule has 0 spiro atoms. The van der Waals surface area contributed by atoms with Crippen molar-refractivity contribution in [1.82, 2.24) is 5.43 Å². The Morgan fingerprint density at radius 1 is 0.690 bits per heavy atom. The molecule has 3 aromatic rings. The van der Waals surface area contributed by atoms with E-state index in [1.807, 2.05) is 0 Å². The van der Waals surface area contributed by atoms with Crippen molar-refractivity contribution < 1.29 is 22.0 Å². The summed E-state index contributed by atoms with van der Waals surface area (Å²) in [6, 6.07) is 17.2. The first kappa shape index (κ1) is 18.7. The molecule has 0 saturated heterocycles. The summed E-state index contributed by atoms with van der Waals surface area (Å²) in [5.41, 5.74) is 2.68. The van der Waals surface area contributed by atoms with Crippen LogP contribution in [0.2, 0.25) is 0 Å². The van der Waals surface area contributed by atoms with Crippen molar-refractivity contribution >= 4 is 17.2 Å². The monoisotopic (exact) mass is 404 g/mol. The zero-order valence-corrected chi connectivity index (χ0v) is 14.7. The number of hydrogen-bond acceptors (Lipinski definition) is 4. The lowest BCUT2D eigenvalue weighted by Crippen LogP contribution is -2.54. The molecule has 29 heavy (non-hydrogen) atoms. The van der Waals surface area contributed by atoms with Gasteiger partial charge < -0.3 is 0 Å². The summed E-state index contributed by atoms with van der Waals surface area (Å²) >= 11 is 0. The van der Waals surface area contributed by atoms with Crippen LogP contribution >= 0.6 is 0 Å². The smallest absolute Gasteiger partial charge is 0.200 e. The maximum absolute atomic E-state index is 14.4. The number of anilines is 2. The molecule has 0 aromatic heterocycles. The fourth-order valence-corrected chi connectivity index (χ4v) is 2.89. The van der Waals surface area contributed by atoms with Gasteiger partial charge in [0.05, 0.1) is 5.69 Å². The molecule has 0 fully saturated rings. The SMILES string of the molecule is Fc1c(F)c(F)c(N2CN(c3ccccc3)N=C(c3ccccc3)N2)c(F)c1F. The highest BCUT2D eigenvalue weighted by molar-refractivity contribution is 6.00. The lowest BCUT2D eigenvalue weighted by atomic mass is 10.2. The van der Waals surface area contributed by atoms with Gasteiger partial charge in [0, 0.05) is 5.56 Å². The lowest BCUT2D eigenvalue weighted by molar-refractivity contribution is 0.376. The molecule has 0 bridgehead atoms. The zero-order valence-electron chi connectivity index (χ0n) is 14.7. The van der Waals surface area contributed by atoms with Crippen molar-refractivity contribution in [3.05, 3.63) is 95.3 Å². The maximum atomic E-state index is 14.4. The Hall–Kier alpha value is -3.62. The van der Waals surface area contributed by atoms with E-state index >= 15 is 0 Å². The number of amidine groups is 1. The van der Waals surface area contributed by atoms with E-state index in [1.165, 1.54) is 5.01 Å². The van der Waals surface area contributed by atoms with Crippen LogP contribution in [0.25, 0.3) is 0 Å². The Kier molecular flexibility index (Phi) is 4.79. The van der Waals surface area contributed by atoms with Crippen LogP contribution < -0.4 is 15.4 Å². The van der Waals surface area contributed by atoms with Crippen LogP contribution in [0.3, 0.4) is 0 Å². The number of hydrogen-bond donors (Lipinski definition) is 1. The van der Waals surface area contributed by atoms with Gasteiger partial charge in [0.2, 0.25) is 5.82 Å². The normalized spacial score (nSPS) is 13.9. The van der Waals surface area contributed by atoms with Crippen LogP contribution in [0.4, 0.5) is 33.3 Å². The van der Waals surface area contributed by atoms with E-state index in [2.05, 4.69) is 10.5 Å². The molecular formula is C20H13F5N4. The van der Waals surface area contributed by atoms with Gasteiger partial charge in [-0.15, -0.1) is 0 Å². The minimum atomic E-state index is -2.21. The standard InChI is InChI=1S/C20H13F5N4/c21-14-15(22)17(24)19(18(25)16(14)23)29-11-28(13-9-5-2-6-10-13)26-20(27-29)12-7-3-1-4-8-12/h1-10H,11H2,(H,26,27). The molecule has 0 radical (unpaired) electrons. The van der Waals surface area contributed by atoms with E-state index in [4.69, 9.17) is 0 Å². The van der Waals surface area contributed by atoms with E-state index in [9.17, 15) is 22.0 Å². The maximum Gasteiger partial charge on any atom is 0.200 e. The minimum absolute atomic E-state index is 0.171. The van der Waals surface area contributed by atoms with E-state index in [1.54, 1.807) is 60.7 Å². The van der Waals surface area contributed by atoms with Crippen molar-refractivity contribution in [2.75, 3.05) is 16.7 Å². The molecule has 1 N–H and O–H groups in total. The van der Waals surface area contributed by atoms with Gasteiger partial charge in [-0.25, -0.2) is 27.0 Å². The van der Waals surface area contributed by atoms with Gasteiger partial charge in [0.15, 0.2) is 29.1 Å². The largest absolute Gasteiger partial charge is 0.278 e. The summed E-state index contributed by atoms with van der Waals surface area (Å²) in [6.07, 6.45) is 0. The Labute approximate surface area is 162 Å². The van der Waals surface area contributed by atoms with E-state index in [-0.39, 0.29) is 12.5 Å². The number of rotatable bonds is 3. The summed E-state index contributed by atoms with van der Waals surface area (Å²) in [5.74, 6) is -9.94. The highest BCUT2D eigenvalue weighted by atomic mass is 19.2. The number of nitrogens with zero attached hydrogens (tertiary/aromatic N) is 3. The lowest BCUT2D eigenvalue weighted by Gasteiger charge is -2.36. The van der Waals surface area contributed by atoms with Crippen molar-refractivity contribution in [3.63, 3.8) is 0 Å². The molecule has 1 aliphatic heterocycles. The van der Waals surface area contributed by atoms with E-state index < -0.39 is 34.8 Å². The quantitative estimate of drug-likeness (QED) is 0.395. The molecule has 3 aromatic carbocycles. The van der Waals surface area contributed by atoms with Crippen LogP contribution in [0.5, 0.6) is 0 Å². The van der Waals surface area contributed by atoms with E-state index in [0.717, 1.165) is 5.01 Å². The first-order chi connectivity index (χ1) is 14.0. The van der Waals surface area contributed by atoms with Crippen molar-refractivity contribution in [2.24, 2.45) is 5.10 Å². The minimum Gasteiger partial charge on any atom is -0.278 e. The summed E-state index contributed by atoms with van der Waals surface area (Å²) in [4.78, 5) is 0. The molecule has 4 rings (SSSR count). The Bertz CT molecular complexity index is 1040. The molecule has 0 saturated carbocycles. The molecule has 9 heteroatoms. The number of hydrazine groups is 1. The molecule has 0 amide bonds. The molecule has 1 aliphatic rings. The second-order valence-electron chi connectivity index (χ2n) is 6.15. The Balaban J connectivity index is 1.83. The van der Waals surface area contributed by atoms with Crippen LogP contribution in [0.1, 0.15) is 5.56 Å². The summed E-state index contributed by atoms with van der Waals surface area (Å²) < 4.78 is 69.7. The van der Waals surface area contributed by atoms with Crippen LogP contribution in [-0.4, -0.2) is 12.5 Å². The molecule has 4 nitrogen and oxygen atoms in total. The molecule has 1 heterocycles. The van der Waals surface area contributed by atoms with Gasteiger partial charge in [-0.05, 0) is 12.1 Å². The second-order valence-corrected chi connectivity index (χ2v) is 6.15. The van der Waals surface area contributed by atoms with E-state index in [0.29, 0.717) is 11.3 Å². The first-order valence-corrected chi connectivity index (χ1v) is 8.49. The Morgan fingerprint density at radius 2 is 1.21 bits per heavy atom. The third kappa shape index (κ3) is 3.35.